The highest BCUT2D eigenvalue weighted by Crippen LogP contribution is 2.39. The summed E-state index contributed by atoms with van der Waals surface area (Å²) >= 11 is 5.47. The van der Waals surface area contributed by atoms with Crippen molar-refractivity contribution in [1.82, 2.24) is 10.6 Å². The van der Waals surface area contributed by atoms with E-state index in [1.807, 2.05) is 18.2 Å². The summed E-state index contributed by atoms with van der Waals surface area (Å²) in [5, 5.41) is 7.44. The Labute approximate surface area is 152 Å². The molecule has 1 aliphatic carbocycles. The molecule has 0 saturated heterocycles. The van der Waals surface area contributed by atoms with Crippen LogP contribution in [0.4, 0.5) is 0 Å². The van der Waals surface area contributed by atoms with Crippen molar-refractivity contribution < 1.29 is 9.47 Å². The van der Waals surface area contributed by atoms with E-state index in [0.717, 1.165) is 30.0 Å². The molecular formula is C20H20N2O2S. The van der Waals surface area contributed by atoms with E-state index in [1.54, 1.807) is 14.2 Å². The van der Waals surface area contributed by atoms with Crippen LogP contribution in [0.5, 0.6) is 11.5 Å². The van der Waals surface area contributed by atoms with Gasteiger partial charge in [-0.25, -0.2) is 0 Å². The Bertz CT molecular complexity index is 858. The minimum absolute atomic E-state index is 0.0879. The summed E-state index contributed by atoms with van der Waals surface area (Å²) in [4.78, 5) is 0. The third-order valence-corrected chi connectivity index (χ3v) is 5.10. The first-order valence-electron chi connectivity index (χ1n) is 8.31. The fourth-order valence-corrected chi connectivity index (χ4v) is 3.82. The lowest BCUT2D eigenvalue weighted by Crippen LogP contribution is -2.44. The third-order valence-electron chi connectivity index (χ3n) is 4.88. The summed E-state index contributed by atoms with van der Waals surface area (Å²) < 4.78 is 10.6. The standard InChI is InChI=1S/C20H20N2O2S/c1-23-14-6-3-12(4-7-14)18-17-9-5-13-11-15(24-2)8-10-16(13)19(17)22-20(25)21-18/h3-4,6-8,10-11,18H,5,9H2,1-2H3,(H2,21,22,25)/t18-/m0/s1. The summed E-state index contributed by atoms with van der Waals surface area (Å²) in [7, 11) is 3.38. The van der Waals surface area contributed by atoms with Gasteiger partial charge in [0, 0.05) is 11.3 Å². The van der Waals surface area contributed by atoms with E-state index in [2.05, 4.69) is 34.9 Å². The van der Waals surface area contributed by atoms with Gasteiger partial charge in [-0.2, -0.15) is 0 Å². The van der Waals surface area contributed by atoms with Gasteiger partial charge in [0.1, 0.15) is 11.5 Å². The number of aryl methyl sites for hydroxylation is 1. The maximum Gasteiger partial charge on any atom is 0.171 e. The molecule has 1 heterocycles. The van der Waals surface area contributed by atoms with Crippen LogP contribution in [0.15, 0.2) is 48.0 Å². The number of methoxy groups -OCH3 is 2. The minimum atomic E-state index is 0.0879. The van der Waals surface area contributed by atoms with Gasteiger partial charge in [0.15, 0.2) is 5.11 Å². The SMILES string of the molecule is COc1ccc([C@@H]2NC(=S)NC3=C2CCc2cc(OC)ccc23)cc1. The van der Waals surface area contributed by atoms with Gasteiger partial charge in [0.25, 0.3) is 0 Å². The first-order chi connectivity index (χ1) is 12.2. The lowest BCUT2D eigenvalue weighted by Gasteiger charge is -2.36. The van der Waals surface area contributed by atoms with Crippen molar-refractivity contribution in [2.24, 2.45) is 0 Å². The molecule has 2 aliphatic rings. The topological polar surface area (TPSA) is 42.5 Å². The van der Waals surface area contributed by atoms with Crippen LogP contribution in [0.3, 0.4) is 0 Å². The predicted octanol–water partition coefficient (Wildman–Crippen LogP) is 3.58. The molecule has 2 aromatic carbocycles. The largest absolute Gasteiger partial charge is 0.497 e. The smallest absolute Gasteiger partial charge is 0.171 e. The average Bonchev–Trinajstić information content (AvgIpc) is 2.66. The Morgan fingerprint density at radius 1 is 0.960 bits per heavy atom. The summed E-state index contributed by atoms with van der Waals surface area (Å²) in [6, 6.07) is 14.5. The van der Waals surface area contributed by atoms with E-state index in [-0.39, 0.29) is 6.04 Å². The van der Waals surface area contributed by atoms with E-state index in [4.69, 9.17) is 21.7 Å². The second-order valence-electron chi connectivity index (χ2n) is 6.23. The maximum absolute atomic E-state index is 5.47. The molecule has 1 aliphatic heterocycles. The van der Waals surface area contributed by atoms with Crippen LogP contribution >= 0.6 is 12.2 Å². The van der Waals surface area contributed by atoms with Crippen LogP contribution in [0.2, 0.25) is 0 Å². The minimum Gasteiger partial charge on any atom is -0.497 e. The highest BCUT2D eigenvalue weighted by Gasteiger charge is 2.30. The maximum atomic E-state index is 5.47. The molecule has 25 heavy (non-hydrogen) atoms. The molecule has 0 fully saturated rings. The molecule has 0 radical (unpaired) electrons. The Morgan fingerprint density at radius 2 is 1.68 bits per heavy atom. The van der Waals surface area contributed by atoms with Gasteiger partial charge in [0.05, 0.1) is 20.3 Å². The number of fused-ring (bicyclic) bond motifs is 2. The van der Waals surface area contributed by atoms with E-state index in [9.17, 15) is 0 Å². The summed E-state index contributed by atoms with van der Waals surface area (Å²) in [6.07, 6.45) is 1.98. The van der Waals surface area contributed by atoms with Gasteiger partial charge in [0.2, 0.25) is 0 Å². The third kappa shape index (κ3) is 2.85. The molecule has 1 atom stereocenters. The van der Waals surface area contributed by atoms with Crippen molar-refractivity contribution >= 4 is 23.0 Å². The van der Waals surface area contributed by atoms with Crippen LogP contribution in [0, 0.1) is 0 Å². The fraction of sp³-hybridized carbons (Fsp3) is 0.250. The van der Waals surface area contributed by atoms with Gasteiger partial charge in [-0.15, -0.1) is 0 Å². The predicted molar refractivity (Wildman–Crippen MR) is 103 cm³/mol. The Morgan fingerprint density at radius 3 is 2.40 bits per heavy atom. The van der Waals surface area contributed by atoms with Crippen molar-refractivity contribution in [3.05, 3.63) is 64.7 Å². The van der Waals surface area contributed by atoms with E-state index in [1.165, 1.54) is 22.3 Å². The number of ether oxygens (including phenoxy) is 2. The normalized spacial score (nSPS) is 18.6. The Balaban J connectivity index is 1.78. The number of thiocarbonyl (C=S) groups is 1. The number of hydrogen-bond acceptors (Lipinski definition) is 3. The van der Waals surface area contributed by atoms with Crippen molar-refractivity contribution in [1.29, 1.82) is 0 Å². The number of nitrogens with one attached hydrogen (secondary N) is 2. The summed E-state index contributed by atoms with van der Waals surface area (Å²) in [5.41, 5.74) is 6.17. The summed E-state index contributed by atoms with van der Waals surface area (Å²) in [6.45, 7) is 0. The van der Waals surface area contributed by atoms with Crippen LogP contribution in [0.25, 0.3) is 5.70 Å². The first kappa shape index (κ1) is 16.0. The quantitative estimate of drug-likeness (QED) is 0.827. The molecule has 4 rings (SSSR count). The second-order valence-corrected chi connectivity index (χ2v) is 6.64. The monoisotopic (exact) mass is 352 g/mol. The fourth-order valence-electron chi connectivity index (χ4n) is 3.60. The molecule has 2 aromatic rings. The molecule has 0 amide bonds. The zero-order chi connectivity index (χ0) is 17.4. The molecule has 0 bridgehead atoms. The number of benzene rings is 2. The van der Waals surface area contributed by atoms with Crippen molar-refractivity contribution in [3.63, 3.8) is 0 Å². The first-order valence-corrected chi connectivity index (χ1v) is 8.72. The van der Waals surface area contributed by atoms with Crippen molar-refractivity contribution in [2.45, 2.75) is 18.9 Å². The van der Waals surface area contributed by atoms with Crippen molar-refractivity contribution in [3.8, 4) is 11.5 Å². The van der Waals surface area contributed by atoms with E-state index < -0.39 is 0 Å². The zero-order valence-corrected chi connectivity index (χ0v) is 15.1. The molecule has 0 unspecified atom stereocenters. The summed E-state index contributed by atoms with van der Waals surface area (Å²) in [5.74, 6) is 1.75. The van der Waals surface area contributed by atoms with Gasteiger partial charge in [-0.05, 0) is 72.1 Å². The molecule has 0 saturated carbocycles. The molecule has 5 heteroatoms. The lowest BCUT2D eigenvalue weighted by atomic mass is 9.83. The van der Waals surface area contributed by atoms with E-state index in [0.29, 0.717) is 5.11 Å². The van der Waals surface area contributed by atoms with Gasteiger partial charge in [-0.3, -0.25) is 0 Å². The van der Waals surface area contributed by atoms with Crippen LogP contribution < -0.4 is 20.1 Å². The molecule has 128 valence electrons. The molecule has 4 nitrogen and oxygen atoms in total. The molecule has 0 spiro atoms. The number of rotatable bonds is 3. The van der Waals surface area contributed by atoms with Gasteiger partial charge < -0.3 is 20.1 Å². The van der Waals surface area contributed by atoms with Crippen LogP contribution in [0.1, 0.15) is 29.2 Å². The Hall–Kier alpha value is -2.53. The Kier molecular flexibility index (Phi) is 4.09. The highest BCUT2D eigenvalue weighted by molar-refractivity contribution is 7.80. The lowest BCUT2D eigenvalue weighted by molar-refractivity contribution is 0.414. The molecular weight excluding hydrogens is 332 g/mol. The molecule has 2 N–H and O–H groups in total. The van der Waals surface area contributed by atoms with Gasteiger partial charge >= 0.3 is 0 Å². The molecule has 0 aromatic heterocycles. The zero-order valence-electron chi connectivity index (χ0n) is 14.3. The van der Waals surface area contributed by atoms with Crippen LogP contribution in [-0.2, 0) is 6.42 Å². The van der Waals surface area contributed by atoms with Crippen molar-refractivity contribution in [2.75, 3.05) is 14.2 Å². The van der Waals surface area contributed by atoms with Gasteiger partial charge in [-0.1, -0.05) is 12.1 Å². The number of hydrogen-bond donors (Lipinski definition) is 2. The highest BCUT2D eigenvalue weighted by atomic mass is 32.1. The second kappa shape index (κ2) is 6.41. The van der Waals surface area contributed by atoms with Crippen LogP contribution in [-0.4, -0.2) is 19.3 Å². The average molecular weight is 352 g/mol. The van der Waals surface area contributed by atoms with E-state index >= 15 is 0 Å².